The number of pyridine rings is 1. The minimum atomic E-state index is 0.266. The molecule has 0 saturated heterocycles. The number of nitrogens with zero attached hydrogens (tertiary/aromatic N) is 3. The first kappa shape index (κ1) is 17.4. The predicted octanol–water partition coefficient (Wildman–Crippen LogP) is 5.36. The monoisotopic (exact) mass is 427 g/mol. The van der Waals surface area contributed by atoms with Crippen molar-refractivity contribution < 1.29 is 4.74 Å². The fraction of sp³-hybridized carbons (Fsp3) is 0.235. The van der Waals surface area contributed by atoms with Crippen molar-refractivity contribution in [2.75, 3.05) is 19.0 Å². The van der Waals surface area contributed by atoms with Gasteiger partial charge in [0.15, 0.2) is 11.4 Å². The normalized spacial score (nSPS) is 11.1. The molecule has 2 heterocycles. The van der Waals surface area contributed by atoms with E-state index in [2.05, 4.69) is 20.9 Å². The molecule has 24 heavy (non-hydrogen) atoms. The molecule has 3 rings (SSSR count). The van der Waals surface area contributed by atoms with Crippen molar-refractivity contribution in [1.29, 1.82) is 0 Å². The summed E-state index contributed by atoms with van der Waals surface area (Å²) in [5, 5.41) is 1.18. The zero-order valence-corrected chi connectivity index (χ0v) is 16.6. The van der Waals surface area contributed by atoms with Crippen LogP contribution in [0.5, 0.6) is 5.75 Å². The van der Waals surface area contributed by atoms with Crippen molar-refractivity contribution in [1.82, 2.24) is 9.38 Å². The summed E-state index contributed by atoms with van der Waals surface area (Å²) >= 11 is 16.3. The summed E-state index contributed by atoms with van der Waals surface area (Å²) in [5.74, 6) is 0.675. The van der Waals surface area contributed by atoms with Crippen molar-refractivity contribution in [3.05, 3.63) is 56.4 Å². The molecule has 126 valence electrons. The summed E-state index contributed by atoms with van der Waals surface area (Å²) in [7, 11) is 3.87. The number of aromatic nitrogens is 2. The summed E-state index contributed by atoms with van der Waals surface area (Å²) in [6.07, 6.45) is 1.93. The zero-order valence-electron chi connectivity index (χ0n) is 13.5. The number of benzene rings is 1. The van der Waals surface area contributed by atoms with Gasteiger partial charge in [0.25, 0.3) is 0 Å². The molecule has 0 saturated carbocycles. The summed E-state index contributed by atoms with van der Waals surface area (Å²) in [5.41, 5.74) is 3.31. The summed E-state index contributed by atoms with van der Waals surface area (Å²) in [4.78, 5) is 6.47. The zero-order chi connectivity index (χ0) is 17.4. The van der Waals surface area contributed by atoms with Crippen LogP contribution in [0.2, 0.25) is 10.0 Å². The van der Waals surface area contributed by atoms with Gasteiger partial charge < -0.3 is 9.64 Å². The highest BCUT2D eigenvalue weighted by atomic mass is 79.9. The molecular weight excluding hydrogens is 413 g/mol. The van der Waals surface area contributed by atoms with Gasteiger partial charge in [-0.1, -0.05) is 23.2 Å². The molecule has 0 bridgehead atoms. The van der Waals surface area contributed by atoms with Gasteiger partial charge in [-0.3, -0.25) is 4.40 Å². The molecule has 0 atom stereocenters. The first-order valence-electron chi connectivity index (χ1n) is 7.30. The van der Waals surface area contributed by atoms with Gasteiger partial charge in [0.05, 0.1) is 16.4 Å². The highest BCUT2D eigenvalue weighted by Crippen LogP contribution is 2.34. The van der Waals surface area contributed by atoms with Crippen molar-refractivity contribution >= 4 is 50.5 Å². The van der Waals surface area contributed by atoms with E-state index in [0.29, 0.717) is 15.8 Å². The van der Waals surface area contributed by atoms with Crippen molar-refractivity contribution in [3.8, 4) is 5.75 Å². The van der Waals surface area contributed by atoms with Crippen LogP contribution in [0.3, 0.4) is 0 Å². The van der Waals surface area contributed by atoms with Crippen LogP contribution in [0.4, 0.5) is 5.69 Å². The lowest BCUT2D eigenvalue weighted by Gasteiger charge is -2.18. The summed E-state index contributed by atoms with van der Waals surface area (Å²) in [6, 6.07) is 7.52. The number of hydrogen-bond donors (Lipinski definition) is 0. The van der Waals surface area contributed by atoms with Crippen molar-refractivity contribution in [2.45, 2.75) is 13.5 Å². The second-order valence-corrected chi connectivity index (χ2v) is 7.13. The van der Waals surface area contributed by atoms with Crippen LogP contribution in [-0.4, -0.2) is 23.5 Å². The Morgan fingerprint density at radius 2 is 2.00 bits per heavy atom. The van der Waals surface area contributed by atoms with Gasteiger partial charge >= 0.3 is 0 Å². The molecule has 2 aromatic heterocycles. The van der Waals surface area contributed by atoms with Gasteiger partial charge in [-0.15, -0.1) is 0 Å². The largest absolute Gasteiger partial charge is 0.485 e. The standard InChI is InChI=1S/C17H16BrCl2N3O/c1-10-16(18)23-8-4-5-14(17(23)21-10)24-9-11-12(19)6-7-13(15(11)20)22(2)3/h4-8H,9H2,1-3H3. The Hall–Kier alpha value is -1.43. The highest BCUT2D eigenvalue weighted by Gasteiger charge is 2.15. The van der Waals surface area contributed by atoms with Crippen LogP contribution in [-0.2, 0) is 6.61 Å². The maximum absolute atomic E-state index is 6.49. The van der Waals surface area contributed by atoms with E-state index in [-0.39, 0.29) is 6.61 Å². The molecule has 1 aromatic carbocycles. The van der Waals surface area contributed by atoms with E-state index < -0.39 is 0 Å². The Morgan fingerprint density at radius 1 is 1.25 bits per heavy atom. The number of halogens is 3. The van der Waals surface area contributed by atoms with Gasteiger partial charge in [-0.05, 0) is 47.1 Å². The van der Waals surface area contributed by atoms with Crippen LogP contribution in [0.25, 0.3) is 5.65 Å². The number of aryl methyl sites for hydroxylation is 1. The van der Waals surface area contributed by atoms with Gasteiger partial charge in [-0.2, -0.15) is 0 Å². The van der Waals surface area contributed by atoms with E-state index in [0.717, 1.165) is 27.2 Å². The van der Waals surface area contributed by atoms with Crippen molar-refractivity contribution in [3.63, 3.8) is 0 Å². The molecule has 0 aliphatic rings. The van der Waals surface area contributed by atoms with E-state index >= 15 is 0 Å². The fourth-order valence-corrected chi connectivity index (χ4v) is 3.48. The topological polar surface area (TPSA) is 29.8 Å². The lowest BCUT2D eigenvalue weighted by Crippen LogP contribution is -2.10. The smallest absolute Gasteiger partial charge is 0.180 e. The van der Waals surface area contributed by atoms with E-state index in [1.165, 1.54) is 0 Å². The quantitative estimate of drug-likeness (QED) is 0.560. The number of hydrogen-bond acceptors (Lipinski definition) is 3. The lowest BCUT2D eigenvalue weighted by atomic mass is 10.2. The third kappa shape index (κ3) is 3.08. The predicted molar refractivity (Wildman–Crippen MR) is 103 cm³/mol. The minimum absolute atomic E-state index is 0.266. The SMILES string of the molecule is Cc1nc2c(OCc3c(Cl)ccc(N(C)C)c3Cl)cccn2c1Br. The van der Waals surface area contributed by atoms with Gasteiger partial charge in [-0.25, -0.2) is 4.98 Å². The van der Waals surface area contributed by atoms with Crippen LogP contribution < -0.4 is 9.64 Å². The molecule has 0 unspecified atom stereocenters. The molecule has 0 N–H and O–H groups in total. The Morgan fingerprint density at radius 3 is 2.71 bits per heavy atom. The molecule has 3 aromatic rings. The Bertz CT molecular complexity index is 908. The van der Waals surface area contributed by atoms with Crippen molar-refractivity contribution in [2.24, 2.45) is 0 Å². The van der Waals surface area contributed by atoms with E-state index in [4.69, 9.17) is 27.9 Å². The Labute approximate surface area is 159 Å². The van der Waals surface area contributed by atoms with E-state index in [9.17, 15) is 0 Å². The second kappa shape index (κ2) is 6.82. The number of fused-ring (bicyclic) bond motifs is 1. The second-order valence-electron chi connectivity index (χ2n) is 5.60. The maximum atomic E-state index is 6.49. The van der Waals surface area contributed by atoms with Gasteiger partial charge in [0.1, 0.15) is 11.2 Å². The molecule has 0 radical (unpaired) electrons. The Balaban J connectivity index is 1.95. The number of imidazole rings is 1. The molecule has 0 amide bonds. The molecule has 0 fully saturated rings. The average molecular weight is 429 g/mol. The van der Waals surface area contributed by atoms with E-state index in [1.807, 2.05) is 60.8 Å². The molecular formula is C17H16BrCl2N3O. The first-order valence-corrected chi connectivity index (χ1v) is 8.85. The van der Waals surface area contributed by atoms with Crippen LogP contribution >= 0.6 is 39.1 Å². The van der Waals surface area contributed by atoms with Crippen LogP contribution in [0.15, 0.2) is 35.1 Å². The van der Waals surface area contributed by atoms with E-state index in [1.54, 1.807) is 0 Å². The van der Waals surface area contributed by atoms with Crippen LogP contribution in [0, 0.1) is 6.92 Å². The van der Waals surface area contributed by atoms with Crippen LogP contribution in [0.1, 0.15) is 11.3 Å². The third-order valence-corrected chi connectivity index (χ3v) is 5.47. The number of anilines is 1. The molecule has 0 aliphatic carbocycles. The summed E-state index contributed by atoms with van der Waals surface area (Å²) in [6.45, 7) is 2.21. The maximum Gasteiger partial charge on any atom is 0.180 e. The third-order valence-electron chi connectivity index (χ3n) is 3.73. The minimum Gasteiger partial charge on any atom is -0.485 e. The number of ether oxygens (including phenoxy) is 1. The highest BCUT2D eigenvalue weighted by molar-refractivity contribution is 9.10. The first-order chi connectivity index (χ1) is 11.4. The lowest BCUT2D eigenvalue weighted by molar-refractivity contribution is 0.308. The molecule has 0 aliphatic heterocycles. The Kier molecular flexibility index (Phi) is 4.95. The van der Waals surface area contributed by atoms with Gasteiger partial charge in [0.2, 0.25) is 0 Å². The molecule has 7 heteroatoms. The fourth-order valence-electron chi connectivity index (χ4n) is 2.45. The summed E-state index contributed by atoms with van der Waals surface area (Å²) < 4.78 is 8.82. The van der Waals surface area contributed by atoms with Gasteiger partial charge in [0, 0.05) is 30.9 Å². The number of rotatable bonds is 4. The molecule has 0 spiro atoms. The average Bonchev–Trinajstić information content (AvgIpc) is 2.83. The molecule has 4 nitrogen and oxygen atoms in total.